The number of furan rings is 1. The molecule has 0 spiro atoms. The smallest absolute Gasteiger partial charge is 0.224 e. The highest BCUT2D eigenvalue weighted by Gasteiger charge is 2.12. The highest BCUT2D eigenvalue weighted by Crippen LogP contribution is 2.26. The molecule has 0 fully saturated rings. The molecule has 1 N–H and O–H groups in total. The molecule has 0 atom stereocenters. The van der Waals surface area contributed by atoms with Gasteiger partial charge in [0.1, 0.15) is 17.9 Å². The van der Waals surface area contributed by atoms with Gasteiger partial charge in [-0.05, 0) is 56.8 Å². The number of nitrogens with one attached hydrogen (secondary N) is 1. The minimum atomic E-state index is -0.0211. The number of rotatable bonds is 8. The maximum atomic E-state index is 12.4. The lowest BCUT2D eigenvalue weighted by molar-refractivity contribution is -0.120. The molecule has 0 bridgehead atoms. The summed E-state index contributed by atoms with van der Waals surface area (Å²) >= 11 is 0. The maximum Gasteiger partial charge on any atom is 0.224 e. The number of ether oxygens (including phenoxy) is 1. The molecule has 28 heavy (non-hydrogen) atoms. The van der Waals surface area contributed by atoms with Crippen molar-refractivity contribution in [1.82, 2.24) is 10.2 Å². The Labute approximate surface area is 166 Å². The molecule has 0 aliphatic heterocycles. The summed E-state index contributed by atoms with van der Waals surface area (Å²) in [6.07, 6.45) is 2.00. The standard InChI is InChI=1S/C23H28N2O3/c1-16-5-10-21-19(15-28-23(21)17(16)2)13-22(26)24-14-18-6-8-20(9-7-18)27-12-11-25(3)4/h5-10,15H,11-14H2,1-4H3,(H,24,26). The number of fused-ring (bicyclic) bond motifs is 1. The fourth-order valence-electron chi connectivity index (χ4n) is 3.01. The molecule has 3 rings (SSSR count). The van der Waals surface area contributed by atoms with Gasteiger partial charge >= 0.3 is 0 Å². The van der Waals surface area contributed by atoms with Crippen LogP contribution < -0.4 is 10.1 Å². The van der Waals surface area contributed by atoms with Gasteiger partial charge in [0.2, 0.25) is 5.91 Å². The average Bonchev–Trinajstić information content (AvgIpc) is 3.07. The molecule has 0 radical (unpaired) electrons. The predicted octanol–water partition coefficient (Wildman–Crippen LogP) is 3.85. The first-order chi connectivity index (χ1) is 13.4. The third-order valence-corrected chi connectivity index (χ3v) is 4.91. The van der Waals surface area contributed by atoms with Crippen molar-refractivity contribution >= 4 is 16.9 Å². The van der Waals surface area contributed by atoms with Crippen molar-refractivity contribution < 1.29 is 13.9 Å². The normalized spacial score (nSPS) is 11.2. The van der Waals surface area contributed by atoms with Crippen LogP contribution in [-0.2, 0) is 17.8 Å². The van der Waals surface area contributed by atoms with Crippen LogP contribution in [0.1, 0.15) is 22.3 Å². The van der Waals surface area contributed by atoms with Crippen molar-refractivity contribution in [3.8, 4) is 5.75 Å². The number of nitrogens with zero attached hydrogens (tertiary/aromatic N) is 1. The van der Waals surface area contributed by atoms with Gasteiger partial charge in [0.15, 0.2) is 0 Å². The van der Waals surface area contributed by atoms with Gasteiger partial charge < -0.3 is 19.4 Å². The third-order valence-electron chi connectivity index (χ3n) is 4.91. The number of benzene rings is 2. The lowest BCUT2D eigenvalue weighted by atomic mass is 10.0. The van der Waals surface area contributed by atoms with Crippen molar-refractivity contribution in [2.24, 2.45) is 0 Å². The summed E-state index contributed by atoms with van der Waals surface area (Å²) in [5.74, 6) is 0.819. The zero-order chi connectivity index (χ0) is 20.1. The summed E-state index contributed by atoms with van der Waals surface area (Å²) in [5, 5.41) is 3.99. The van der Waals surface area contributed by atoms with Gasteiger partial charge in [0.25, 0.3) is 0 Å². The van der Waals surface area contributed by atoms with E-state index in [4.69, 9.17) is 9.15 Å². The van der Waals surface area contributed by atoms with Crippen molar-refractivity contribution in [3.05, 3.63) is 64.9 Å². The SMILES string of the molecule is Cc1ccc2c(CC(=O)NCc3ccc(OCCN(C)C)cc3)coc2c1C. The summed E-state index contributed by atoms with van der Waals surface area (Å²) in [5.41, 5.74) is 5.13. The number of hydrogen-bond donors (Lipinski definition) is 1. The van der Waals surface area contributed by atoms with Crippen LogP contribution >= 0.6 is 0 Å². The Morgan fingerprint density at radius 3 is 2.57 bits per heavy atom. The number of aryl methyl sites for hydroxylation is 2. The lowest BCUT2D eigenvalue weighted by Crippen LogP contribution is -2.24. The van der Waals surface area contributed by atoms with Crippen LogP contribution in [0.15, 0.2) is 47.1 Å². The molecule has 0 unspecified atom stereocenters. The topological polar surface area (TPSA) is 54.7 Å². The van der Waals surface area contributed by atoms with Crippen LogP contribution in [0.4, 0.5) is 0 Å². The Kier molecular flexibility index (Phi) is 6.37. The number of carbonyl (C=O) groups excluding carboxylic acids is 1. The second-order valence-corrected chi connectivity index (χ2v) is 7.39. The van der Waals surface area contributed by atoms with E-state index in [1.165, 1.54) is 5.56 Å². The van der Waals surface area contributed by atoms with E-state index >= 15 is 0 Å². The predicted molar refractivity (Wildman–Crippen MR) is 112 cm³/mol. The number of hydrogen-bond acceptors (Lipinski definition) is 4. The quantitative estimate of drug-likeness (QED) is 0.645. The van der Waals surface area contributed by atoms with E-state index in [2.05, 4.69) is 23.2 Å². The molecule has 1 aromatic heterocycles. The Hall–Kier alpha value is -2.79. The van der Waals surface area contributed by atoms with E-state index in [0.717, 1.165) is 40.0 Å². The highest BCUT2D eigenvalue weighted by atomic mass is 16.5. The highest BCUT2D eigenvalue weighted by molar-refractivity contribution is 5.89. The van der Waals surface area contributed by atoms with E-state index in [1.54, 1.807) is 6.26 Å². The Balaban J connectivity index is 1.53. The Morgan fingerprint density at radius 2 is 1.86 bits per heavy atom. The van der Waals surface area contributed by atoms with Gasteiger partial charge in [-0.2, -0.15) is 0 Å². The summed E-state index contributed by atoms with van der Waals surface area (Å²) in [7, 11) is 4.04. The second kappa shape index (κ2) is 8.93. The van der Waals surface area contributed by atoms with Gasteiger partial charge in [-0.3, -0.25) is 4.79 Å². The van der Waals surface area contributed by atoms with E-state index in [-0.39, 0.29) is 5.91 Å². The zero-order valence-corrected chi connectivity index (χ0v) is 17.0. The van der Waals surface area contributed by atoms with Crippen LogP contribution in [-0.4, -0.2) is 38.1 Å². The zero-order valence-electron chi connectivity index (χ0n) is 17.0. The molecule has 1 amide bonds. The van der Waals surface area contributed by atoms with E-state index in [1.807, 2.05) is 51.4 Å². The van der Waals surface area contributed by atoms with Gasteiger partial charge in [0.05, 0.1) is 12.7 Å². The van der Waals surface area contributed by atoms with E-state index < -0.39 is 0 Å². The Bertz CT molecular complexity index is 942. The van der Waals surface area contributed by atoms with Crippen molar-refractivity contribution in [1.29, 1.82) is 0 Å². The summed E-state index contributed by atoms with van der Waals surface area (Å²) in [4.78, 5) is 14.4. The fourth-order valence-corrected chi connectivity index (χ4v) is 3.01. The molecule has 5 nitrogen and oxygen atoms in total. The van der Waals surface area contributed by atoms with Gasteiger partial charge in [-0.15, -0.1) is 0 Å². The van der Waals surface area contributed by atoms with Crippen LogP contribution in [0, 0.1) is 13.8 Å². The Morgan fingerprint density at radius 1 is 1.11 bits per heavy atom. The molecule has 148 valence electrons. The molecule has 0 aliphatic carbocycles. The van der Waals surface area contributed by atoms with Gasteiger partial charge in [-0.1, -0.05) is 24.3 Å². The largest absolute Gasteiger partial charge is 0.492 e. The summed E-state index contributed by atoms with van der Waals surface area (Å²) in [6, 6.07) is 11.9. The van der Waals surface area contributed by atoms with Gasteiger partial charge in [0, 0.05) is 24.0 Å². The maximum absolute atomic E-state index is 12.4. The minimum absolute atomic E-state index is 0.0211. The molecule has 0 saturated heterocycles. The van der Waals surface area contributed by atoms with E-state index in [9.17, 15) is 4.79 Å². The number of likely N-dealkylation sites (N-methyl/N-ethyl adjacent to an activating group) is 1. The second-order valence-electron chi connectivity index (χ2n) is 7.39. The third kappa shape index (κ3) is 4.93. The van der Waals surface area contributed by atoms with Crippen LogP contribution in [0.5, 0.6) is 5.75 Å². The molecule has 0 saturated carbocycles. The molecule has 5 heteroatoms. The van der Waals surface area contributed by atoms with Crippen molar-refractivity contribution in [2.75, 3.05) is 27.2 Å². The molecular weight excluding hydrogens is 352 g/mol. The number of amides is 1. The van der Waals surface area contributed by atoms with E-state index in [0.29, 0.717) is 19.6 Å². The molecular formula is C23H28N2O3. The minimum Gasteiger partial charge on any atom is -0.492 e. The fraction of sp³-hybridized carbons (Fsp3) is 0.348. The van der Waals surface area contributed by atoms with Crippen molar-refractivity contribution in [3.63, 3.8) is 0 Å². The molecule has 1 heterocycles. The first-order valence-electron chi connectivity index (χ1n) is 9.53. The molecule has 0 aliphatic rings. The lowest BCUT2D eigenvalue weighted by Gasteiger charge is -2.11. The van der Waals surface area contributed by atoms with Crippen molar-refractivity contribution in [2.45, 2.75) is 26.8 Å². The number of carbonyl (C=O) groups is 1. The van der Waals surface area contributed by atoms with Crippen LogP contribution in [0.2, 0.25) is 0 Å². The van der Waals surface area contributed by atoms with Crippen LogP contribution in [0.3, 0.4) is 0 Å². The summed E-state index contributed by atoms with van der Waals surface area (Å²) in [6.45, 7) is 6.12. The molecule has 2 aromatic carbocycles. The average molecular weight is 380 g/mol. The first kappa shape index (κ1) is 20.0. The monoisotopic (exact) mass is 380 g/mol. The molecule has 3 aromatic rings. The summed E-state index contributed by atoms with van der Waals surface area (Å²) < 4.78 is 11.4. The first-order valence-corrected chi connectivity index (χ1v) is 9.53. The van der Waals surface area contributed by atoms with Crippen LogP contribution in [0.25, 0.3) is 11.0 Å². The van der Waals surface area contributed by atoms with Gasteiger partial charge in [-0.25, -0.2) is 0 Å².